The lowest BCUT2D eigenvalue weighted by molar-refractivity contribution is -0.139. The molecule has 2 aliphatic heterocycles. The van der Waals surface area contributed by atoms with E-state index in [1.807, 2.05) is 23.1 Å². The number of morpholine rings is 1. The van der Waals surface area contributed by atoms with Gasteiger partial charge in [0.2, 0.25) is 12.7 Å². The first kappa shape index (κ1) is 18.1. The zero-order valence-corrected chi connectivity index (χ0v) is 15.3. The second-order valence-corrected chi connectivity index (χ2v) is 7.34. The number of hydrogen-bond donors (Lipinski definition) is 0. The van der Waals surface area contributed by atoms with Crippen molar-refractivity contribution in [2.75, 3.05) is 26.5 Å². The van der Waals surface area contributed by atoms with Crippen LogP contribution in [0.25, 0.3) is 0 Å². The third-order valence-electron chi connectivity index (χ3n) is 4.86. The molecule has 2 heterocycles. The Morgan fingerprint density at radius 3 is 2.96 bits per heavy atom. The van der Waals surface area contributed by atoms with E-state index >= 15 is 0 Å². The highest BCUT2D eigenvalue weighted by molar-refractivity contribution is 5.76. The molecule has 5 heteroatoms. The molecule has 5 nitrogen and oxygen atoms in total. The van der Waals surface area contributed by atoms with Gasteiger partial charge < -0.3 is 19.1 Å². The number of ether oxygens (including phenoxy) is 3. The molecule has 0 aromatic heterocycles. The Balaban J connectivity index is 1.44. The summed E-state index contributed by atoms with van der Waals surface area (Å²) in [7, 11) is 0. The number of nitrogens with zero attached hydrogens (tertiary/aromatic N) is 1. The first-order valence-corrected chi connectivity index (χ1v) is 9.39. The van der Waals surface area contributed by atoms with Crippen molar-refractivity contribution in [1.29, 1.82) is 0 Å². The zero-order chi connectivity index (χ0) is 17.6. The van der Waals surface area contributed by atoms with E-state index in [1.54, 1.807) is 0 Å². The van der Waals surface area contributed by atoms with E-state index < -0.39 is 0 Å². The number of fused-ring (bicyclic) bond motifs is 1. The van der Waals surface area contributed by atoms with Crippen LogP contribution >= 0.6 is 0 Å². The van der Waals surface area contributed by atoms with Gasteiger partial charge in [-0.15, -0.1) is 0 Å². The molecule has 25 heavy (non-hydrogen) atoms. The summed E-state index contributed by atoms with van der Waals surface area (Å²) in [6.07, 6.45) is 4.88. The van der Waals surface area contributed by atoms with E-state index in [9.17, 15) is 4.79 Å². The fraction of sp³-hybridized carbons (Fsp3) is 0.650. The van der Waals surface area contributed by atoms with Crippen LogP contribution in [0, 0.1) is 5.92 Å². The van der Waals surface area contributed by atoms with E-state index in [-0.39, 0.29) is 18.8 Å². The molecule has 1 fully saturated rings. The molecule has 0 radical (unpaired) electrons. The summed E-state index contributed by atoms with van der Waals surface area (Å²) >= 11 is 0. The number of carbonyl (C=O) groups is 1. The topological polar surface area (TPSA) is 48.0 Å². The second kappa shape index (κ2) is 8.56. The van der Waals surface area contributed by atoms with Crippen LogP contribution in [0.3, 0.4) is 0 Å². The molecule has 0 saturated carbocycles. The molecule has 1 saturated heterocycles. The van der Waals surface area contributed by atoms with Crippen LogP contribution in [0.1, 0.15) is 45.1 Å². The molecule has 0 spiro atoms. The first-order valence-electron chi connectivity index (χ1n) is 9.39. The van der Waals surface area contributed by atoms with Gasteiger partial charge >= 0.3 is 0 Å². The SMILES string of the molecule is CC(C)CCC[C@@H]1CN(C(=O)CCc2ccc3c(c2)OCO3)CCO1. The minimum absolute atomic E-state index is 0.196. The zero-order valence-electron chi connectivity index (χ0n) is 15.3. The average Bonchev–Trinajstić information content (AvgIpc) is 3.07. The molecule has 2 aliphatic rings. The summed E-state index contributed by atoms with van der Waals surface area (Å²) in [5.74, 6) is 2.51. The van der Waals surface area contributed by atoms with Crippen LogP contribution in [0.2, 0.25) is 0 Å². The Bertz CT molecular complexity index is 587. The molecule has 1 aromatic rings. The van der Waals surface area contributed by atoms with Gasteiger partial charge in [-0.05, 0) is 36.5 Å². The van der Waals surface area contributed by atoms with Crippen LogP contribution in [-0.4, -0.2) is 43.4 Å². The lowest BCUT2D eigenvalue weighted by Crippen LogP contribution is -2.45. The lowest BCUT2D eigenvalue weighted by atomic mass is 10.0. The summed E-state index contributed by atoms with van der Waals surface area (Å²) in [6.45, 7) is 6.87. The monoisotopic (exact) mass is 347 g/mol. The Morgan fingerprint density at radius 1 is 1.28 bits per heavy atom. The van der Waals surface area contributed by atoms with Gasteiger partial charge in [0.05, 0.1) is 12.7 Å². The van der Waals surface area contributed by atoms with Crippen LogP contribution in [0.5, 0.6) is 11.5 Å². The first-order chi connectivity index (χ1) is 12.1. The van der Waals surface area contributed by atoms with Gasteiger partial charge in [0.1, 0.15) is 0 Å². The van der Waals surface area contributed by atoms with Crippen LogP contribution in [0.4, 0.5) is 0 Å². The predicted molar refractivity (Wildman–Crippen MR) is 95.9 cm³/mol. The lowest BCUT2D eigenvalue weighted by Gasteiger charge is -2.33. The van der Waals surface area contributed by atoms with Crippen molar-refractivity contribution in [2.45, 2.75) is 52.1 Å². The van der Waals surface area contributed by atoms with E-state index in [1.165, 1.54) is 12.8 Å². The molecule has 0 unspecified atom stereocenters. The maximum Gasteiger partial charge on any atom is 0.231 e. The van der Waals surface area contributed by atoms with Gasteiger partial charge in [0.25, 0.3) is 0 Å². The molecule has 1 amide bonds. The largest absolute Gasteiger partial charge is 0.454 e. The van der Waals surface area contributed by atoms with Crippen LogP contribution in [0.15, 0.2) is 18.2 Å². The number of carbonyl (C=O) groups excluding carboxylic acids is 1. The van der Waals surface area contributed by atoms with Crippen LogP contribution in [-0.2, 0) is 16.0 Å². The van der Waals surface area contributed by atoms with Gasteiger partial charge in [0.15, 0.2) is 11.5 Å². The number of aryl methyl sites for hydroxylation is 1. The van der Waals surface area contributed by atoms with Crippen molar-refractivity contribution in [3.8, 4) is 11.5 Å². The molecular formula is C20H29NO4. The molecule has 1 aromatic carbocycles. The van der Waals surface area contributed by atoms with Crippen molar-refractivity contribution in [3.63, 3.8) is 0 Å². The second-order valence-electron chi connectivity index (χ2n) is 7.34. The average molecular weight is 347 g/mol. The third kappa shape index (κ3) is 5.11. The summed E-state index contributed by atoms with van der Waals surface area (Å²) in [6, 6.07) is 5.90. The fourth-order valence-electron chi connectivity index (χ4n) is 3.38. The van der Waals surface area contributed by atoms with E-state index in [4.69, 9.17) is 14.2 Å². The third-order valence-corrected chi connectivity index (χ3v) is 4.86. The van der Waals surface area contributed by atoms with Gasteiger partial charge in [-0.3, -0.25) is 4.79 Å². The van der Waals surface area contributed by atoms with Crippen molar-refractivity contribution in [1.82, 2.24) is 4.90 Å². The fourth-order valence-corrected chi connectivity index (χ4v) is 3.38. The molecule has 0 N–H and O–H groups in total. The molecular weight excluding hydrogens is 318 g/mol. The highest BCUT2D eigenvalue weighted by Crippen LogP contribution is 2.32. The maximum atomic E-state index is 12.5. The molecule has 138 valence electrons. The van der Waals surface area contributed by atoms with Gasteiger partial charge in [-0.2, -0.15) is 0 Å². The Kier molecular flexibility index (Phi) is 6.19. The van der Waals surface area contributed by atoms with Gasteiger partial charge in [-0.1, -0.05) is 32.8 Å². The Morgan fingerprint density at radius 2 is 2.12 bits per heavy atom. The van der Waals surface area contributed by atoms with E-state index in [0.29, 0.717) is 19.6 Å². The smallest absolute Gasteiger partial charge is 0.231 e. The summed E-state index contributed by atoms with van der Waals surface area (Å²) in [5, 5.41) is 0. The molecule has 0 aliphatic carbocycles. The minimum atomic E-state index is 0.196. The number of rotatable bonds is 7. The summed E-state index contributed by atoms with van der Waals surface area (Å²) in [4.78, 5) is 14.5. The highest BCUT2D eigenvalue weighted by Gasteiger charge is 2.24. The highest BCUT2D eigenvalue weighted by atomic mass is 16.7. The van der Waals surface area contributed by atoms with Crippen molar-refractivity contribution >= 4 is 5.91 Å². The minimum Gasteiger partial charge on any atom is -0.454 e. The van der Waals surface area contributed by atoms with Crippen molar-refractivity contribution < 1.29 is 19.0 Å². The van der Waals surface area contributed by atoms with E-state index in [0.717, 1.165) is 42.4 Å². The number of benzene rings is 1. The van der Waals surface area contributed by atoms with Crippen LogP contribution < -0.4 is 9.47 Å². The number of hydrogen-bond acceptors (Lipinski definition) is 4. The standard InChI is InChI=1S/C20H29NO4/c1-15(2)4-3-5-17-13-21(10-11-23-17)20(22)9-7-16-6-8-18-19(12-16)25-14-24-18/h6,8,12,15,17H,3-5,7,9-11,13-14H2,1-2H3/t17-/m1/s1. The van der Waals surface area contributed by atoms with Crippen molar-refractivity contribution in [3.05, 3.63) is 23.8 Å². The number of amides is 1. The molecule has 3 rings (SSSR count). The summed E-state index contributed by atoms with van der Waals surface area (Å²) < 4.78 is 16.5. The Labute approximate surface area is 150 Å². The molecule has 0 bridgehead atoms. The quantitative estimate of drug-likeness (QED) is 0.758. The van der Waals surface area contributed by atoms with E-state index in [2.05, 4.69) is 13.8 Å². The predicted octanol–water partition coefficient (Wildman–Crippen LogP) is 3.40. The van der Waals surface area contributed by atoms with Crippen molar-refractivity contribution in [2.24, 2.45) is 5.92 Å². The normalized spacial score (nSPS) is 19.5. The van der Waals surface area contributed by atoms with Gasteiger partial charge in [-0.25, -0.2) is 0 Å². The van der Waals surface area contributed by atoms with Gasteiger partial charge in [0, 0.05) is 19.5 Å². The Hall–Kier alpha value is -1.75. The molecule has 1 atom stereocenters. The summed E-state index contributed by atoms with van der Waals surface area (Å²) in [5.41, 5.74) is 1.11. The maximum absolute atomic E-state index is 12.5.